The van der Waals surface area contributed by atoms with E-state index >= 15 is 0 Å². The first-order valence-corrected chi connectivity index (χ1v) is 9.99. The molecule has 0 aliphatic heterocycles. The summed E-state index contributed by atoms with van der Waals surface area (Å²) in [5, 5.41) is 0. The van der Waals surface area contributed by atoms with E-state index in [1.807, 2.05) is 0 Å². The van der Waals surface area contributed by atoms with E-state index in [0.29, 0.717) is 4.74 Å². The zero-order valence-corrected chi connectivity index (χ0v) is 20.2. The predicted molar refractivity (Wildman–Crippen MR) is 81.8 cm³/mol. The smallest absolute Gasteiger partial charge is 0.245 e. The van der Waals surface area contributed by atoms with E-state index in [4.69, 9.17) is 0 Å². The Morgan fingerprint density at radius 2 is 0.404 bits per heavy atom. The van der Waals surface area contributed by atoms with Gasteiger partial charge in [-0.25, -0.2) is 4.74 Å². The maximum absolute atomic E-state index is 13.5. The maximum atomic E-state index is 13.5. The molecule has 284 valence electrons. The second-order valence-corrected chi connectivity index (χ2v) is 8.72. The number of ether oxygens (including phenoxy) is 1. The molecule has 0 aromatic heterocycles. The third-order valence-electron chi connectivity index (χ3n) is 5.12. The van der Waals surface area contributed by atoms with Gasteiger partial charge in [0.15, 0.2) is 0 Å². The van der Waals surface area contributed by atoms with Gasteiger partial charge < -0.3 is 0 Å². The Balaban J connectivity index is 7.06. The van der Waals surface area contributed by atoms with Crippen molar-refractivity contribution in [2.24, 2.45) is 0 Å². The van der Waals surface area contributed by atoms with E-state index in [0.717, 1.165) is 0 Å². The monoisotopic (exact) mass is 782 g/mol. The molecule has 0 atom stereocenters. The van der Waals surface area contributed by atoms with Gasteiger partial charge in [-0.05, 0) is 0 Å². The number of alkyl halides is 30. The van der Waals surface area contributed by atoms with Gasteiger partial charge in [-0.2, -0.15) is 132 Å². The third-order valence-corrected chi connectivity index (χ3v) is 5.12. The van der Waals surface area contributed by atoms with Crippen molar-refractivity contribution in [1.82, 2.24) is 0 Å². The van der Waals surface area contributed by atoms with Crippen LogP contribution in [0.25, 0.3) is 0 Å². The Morgan fingerprint density at radius 1 is 0.234 bits per heavy atom. The van der Waals surface area contributed by atoms with Gasteiger partial charge in [-0.15, -0.1) is 0 Å². The molecule has 0 aliphatic rings. The first-order chi connectivity index (χ1) is 19.6. The van der Waals surface area contributed by atoms with E-state index in [2.05, 4.69) is 0 Å². The highest BCUT2D eigenvalue weighted by Crippen LogP contribution is 2.65. The molecule has 0 unspecified atom stereocenters. The normalized spacial score (nSPS) is 17.0. The molecule has 0 radical (unpaired) electrons. The highest BCUT2D eigenvalue weighted by atomic mass is 19.4. The SMILES string of the molecule is FC(F)(F)CC(F)(F)C(F)(F)C(F)(F)C(F)(F)C(F)(F)C(F)(F)OC(F)(F)C(F)(F)C(F)(F)C(F)(F)C(F)(F)C(F)(F)CC(F)(F)F. The molecule has 0 heterocycles. The van der Waals surface area contributed by atoms with Crippen molar-refractivity contribution in [3.05, 3.63) is 0 Å². The third kappa shape index (κ3) is 6.86. The summed E-state index contributed by atoms with van der Waals surface area (Å²) in [7, 11) is 0. The van der Waals surface area contributed by atoms with E-state index in [1.54, 1.807) is 0 Å². The van der Waals surface area contributed by atoms with Crippen LogP contribution in [0.3, 0.4) is 0 Å². The van der Waals surface area contributed by atoms with Gasteiger partial charge in [0.05, 0.1) is 0 Å². The lowest BCUT2D eigenvalue weighted by atomic mass is 9.91. The molecule has 0 rings (SSSR count). The lowest BCUT2D eigenvalue weighted by Gasteiger charge is -2.43. The van der Waals surface area contributed by atoms with Crippen LogP contribution in [0.4, 0.5) is 132 Å². The van der Waals surface area contributed by atoms with E-state index in [9.17, 15) is 132 Å². The topological polar surface area (TPSA) is 9.23 Å². The highest BCUT2D eigenvalue weighted by molar-refractivity contribution is 5.13. The summed E-state index contributed by atoms with van der Waals surface area (Å²) in [4.78, 5) is 0. The molecule has 0 spiro atoms. The summed E-state index contributed by atoms with van der Waals surface area (Å²) in [5.74, 6) is -88.4. The van der Waals surface area contributed by atoms with E-state index < -0.39 is 96.6 Å². The van der Waals surface area contributed by atoms with Crippen LogP contribution in [-0.2, 0) is 4.74 Å². The van der Waals surface area contributed by atoms with Crippen molar-refractivity contribution < 1.29 is 136 Å². The molecule has 0 aromatic carbocycles. The molecule has 0 bridgehead atoms. The Labute approximate surface area is 234 Å². The minimum absolute atomic E-state index is 0.658. The fraction of sp³-hybridized carbons (Fsp3) is 1.00. The molecular weight excluding hydrogens is 778 g/mol. The summed E-state index contributed by atoms with van der Waals surface area (Å²) >= 11 is 0. The Kier molecular flexibility index (Phi) is 10.7. The van der Waals surface area contributed by atoms with Crippen molar-refractivity contribution in [2.45, 2.75) is 96.6 Å². The van der Waals surface area contributed by atoms with Crippen LogP contribution in [0.5, 0.6) is 0 Å². The fourth-order valence-corrected chi connectivity index (χ4v) is 2.63. The van der Waals surface area contributed by atoms with Crippen molar-refractivity contribution >= 4 is 0 Å². The van der Waals surface area contributed by atoms with E-state index in [-0.39, 0.29) is 0 Å². The number of hydrogen-bond acceptors (Lipinski definition) is 1. The molecule has 0 saturated carbocycles. The second-order valence-electron chi connectivity index (χ2n) is 8.72. The van der Waals surface area contributed by atoms with Crippen molar-refractivity contribution in [1.29, 1.82) is 0 Å². The first kappa shape index (κ1) is 44.9. The van der Waals surface area contributed by atoms with Crippen molar-refractivity contribution in [2.75, 3.05) is 0 Å². The average Bonchev–Trinajstić information content (AvgIpc) is 2.73. The van der Waals surface area contributed by atoms with Gasteiger partial charge in [-0.3, -0.25) is 0 Å². The molecule has 0 aromatic rings. The van der Waals surface area contributed by atoms with Crippen LogP contribution in [0.2, 0.25) is 0 Å². The highest BCUT2D eigenvalue weighted by Gasteiger charge is 2.95. The standard InChI is InChI=1S/C16H4F30O/c17-3(18,1-5(21,22)23)7(27,28)9(31,32)11(35,36)13(39,40)15(43,44)47-16(45,46)14(41,42)12(37,38)10(33,34)8(29,30)4(19,20)2-6(24,25)26/h1-2H2. The molecule has 0 amide bonds. The van der Waals surface area contributed by atoms with Gasteiger partial charge in [0, 0.05) is 0 Å². The lowest BCUT2D eigenvalue weighted by molar-refractivity contribution is -0.526. The van der Waals surface area contributed by atoms with Gasteiger partial charge >= 0.3 is 83.8 Å². The minimum Gasteiger partial charge on any atom is -0.245 e. The van der Waals surface area contributed by atoms with Crippen molar-refractivity contribution in [3.63, 3.8) is 0 Å². The number of rotatable bonds is 14. The Hall–Kier alpha value is -2.14. The molecule has 31 heteroatoms. The zero-order valence-electron chi connectivity index (χ0n) is 20.2. The van der Waals surface area contributed by atoms with Crippen LogP contribution < -0.4 is 0 Å². The molecule has 0 N–H and O–H groups in total. The number of hydrogen-bond donors (Lipinski definition) is 0. The van der Waals surface area contributed by atoms with Crippen LogP contribution in [0.1, 0.15) is 12.8 Å². The van der Waals surface area contributed by atoms with Gasteiger partial charge in [0.2, 0.25) is 0 Å². The summed E-state index contributed by atoms with van der Waals surface area (Å²) in [6, 6.07) is 0. The summed E-state index contributed by atoms with van der Waals surface area (Å²) < 4.78 is 394. The van der Waals surface area contributed by atoms with Crippen LogP contribution in [0, 0.1) is 0 Å². The van der Waals surface area contributed by atoms with Gasteiger partial charge in [0.25, 0.3) is 0 Å². The van der Waals surface area contributed by atoms with Crippen LogP contribution in [-0.4, -0.2) is 83.8 Å². The Morgan fingerprint density at radius 3 is 0.574 bits per heavy atom. The maximum Gasteiger partial charge on any atom is 0.430 e. The lowest BCUT2D eigenvalue weighted by Crippen LogP contribution is -2.74. The summed E-state index contributed by atoms with van der Waals surface area (Å²) in [6.07, 6.45) is -41.2. The fourth-order valence-electron chi connectivity index (χ4n) is 2.63. The van der Waals surface area contributed by atoms with Gasteiger partial charge in [0.1, 0.15) is 12.8 Å². The zero-order chi connectivity index (χ0) is 39.1. The first-order valence-electron chi connectivity index (χ1n) is 9.99. The van der Waals surface area contributed by atoms with Crippen LogP contribution >= 0.6 is 0 Å². The molecule has 47 heavy (non-hydrogen) atoms. The number of halogens is 30. The molecule has 1 nitrogen and oxygen atoms in total. The molecule has 0 fully saturated rings. The molecule has 0 aliphatic carbocycles. The largest absolute Gasteiger partial charge is 0.430 e. The second kappa shape index (κ2) is 11.2. The predicted octanol–water partition coefficient (Wildman–Crippen LogP) is 10.4. The average molecular weight is 782 g/mol. The molecular formula is C16H4F30O. The summed E-state index contributed by atoms with van der Waals surface area (Å²) in [6.45, 7) is 0. The van der Waals surface area contributed by atoms with Crippen LogP contribution in [0.15, 0.2) is 0 Å². The molecule has 0 saturated heterocycles. The van der Waals surface area contributed by atoms with Crippen molar-refractivity contribution in [3.8, 4) is 0 Å². The quantitative estimate of drug-likeness (QED) is 0.160. The van der Waals surface area contributed by atoms with E-state index in [1.165, 1.54) is 0 Å². The Bertz CT molecular complexity index is 1020. The summed E-state index contributed by atoms with van der Waals surface area (Å²) in [5.41, 5.74) is 0. The minimum atomic E-state index is -9.31. The van der Waals surface area contributed by atoms with Gasteiger partial charge in [-0.1, -0.05) is 0 Å².